The molecule has 0 spiro atoms. The van der Waals surface area contributed by atoms with Crippen LogP contribution in [0.2, 0.25) is 0 Å². The normalized spacial score (nSPS) is 32.7. The van der Waals surface area contributed by atoms with Crippen LogP contribution in [0.1, 0.15) is 19.8 Å². The van der Waals surface area contributed by atoms with Gasteiger partial charge in [-0.2, -0.15) is 0 Å². The lowest BCUT2D eigenvalue weighted by Gasteiger charge is -2.15. The molecule has 1 saturated carbocycles. The van der Waals surface area contributed by atoms with Crippen molar-refractivity contribution in [2.45, 2.75) is 25.8 Å². The van der Waals surface area contributed by atoms with Crippen LogP contribution in [-0.2, 0) is 10.0 Å². The predicted molar refractivity (Wildman–Crippen MR) is 62.5 cm³/mol. The Hall–Kier alpha value is 0.160. The minimum absolute atomic E-state index is 0. The Morgan fingerprint density at radius 1 is 1.33 bits per heavy atom. The second-order valence-corrected chi connectivity index (χ2v) is 6.69. The fourth-order valence-electron chi connectivity index (χ4n) is 1.86. The lowest BCUT2D eigenvalue weighted by atomic mass is 10.1. The maximum absolute atomic E-state index is 11.8. The molecule has 15 heavy (non-hydrogen) atoms. The number of halogens is 1. The van der Waals surface area contributed by atoms with Crippen LogP contribution in [0.5, 0.6) is 0 Å². The summed E-state index contributed by atoms with van der Waals surface area (Å²) in [5.41, 5.74) is 5.81. The lowest BCUT2D eigenvalue weighted by Crippen LogP contribution is -2.34. The molecule has 2 fully saturated rings. The first-order chi connectivity index (χ1) is 6.49. The molecule has 0 aromatic rings. The van der Waals surface area contributed by atoms with Gasteiger partial charge in [0.1, 0.15) is 0 Å². The van der Waals surface area contributed by atoms with Gasteiger partial charge in [0.15, 0.2) is 0 Å². The highest BCUT2D eigenvalue weighted by Crippen LogP contribution is 2.32. The van der Waals surface area contributed by atoms with Crippen LogP contribution in [-0.4, -0.2) is 37.6 Å². The van der Waals surface area contributed by atoms with E-state index in [1.807, 2.05) is 6.92 Å². The van der Waals surface area contributed by atoms with E-state index in [-0.39, 0.29) is 18.4 Å². The van der Waals surface area contributed by atoms with Crippen LogP contribution in [0.15, 0.2) is 0 Å². The van der Waals surface area contributed by atoms with E-state index >= 15 is 0 Å². The Labute approximate surface area is 97.7 Å². The molecule has 0 aromatic heterocycles. The van der Waals surface area contributed by atoms with Crippen molar-refractivity contribution in [3.63, 3.8) is 0 Å². The molecule has 2 rings (SSSR count). The van der Waals surface area contributed by atoms with Crippen LogP contribution in [0.3, 0.4) is 0 Å². The maximum Gasteiger partial charge on any atom is 0.214 e. The van der Waals surface area contributed by atoms with E-state index in [1.165, 1.54) is 0 Å². The van der Waals surface area contributed by atoms with Crippen molar-refractivity contribution in [2.24, 2.45) is 17.6 Å². The highest BCUT2D eigenvalue weighted by molar-refractivity contribution is 7.89. The van der Waals surface area contributed by atoms with Crippen LogP contribution < -0.4 is 5.73 Å². The Morgan fingerprint density at radius 3 is 2.33 bits per heavy atom. The standard InChI is InChI=1S/C9H18N2O2S.ClH/c1-7-4-11(5-9(7)10)14(12,13)6-8-2-3-8;/h7-9H,2-6,10H2,1H3;1H. The van der Waals surface area contributed by atoms with Gasteiger partial charge in [-0.15, -0.1) is 12.4 Å². The monoisotopic (exact) mass is 254 g/mol. The highest BCUT2D eigenvalue weighted by atomic mass is 35.5. The van der Waals surface area contributed by atoms with Crippen molar-refractivity contribution in [2.75, 3.05) is 18.8 Å². The van der Waals surface area contributed by atoms with Gasteiger partial charge >= 0.3 is 0 Å². The van der Waals surface area contributed by atoms with Gasteiger partial charge in [-0.3, -0.25) is 0 Å². The molecular weight excluding hydrogens is 236 g/mol. The smallest absolute Gasteiger partial charge is 0.214 e. The molecule has 0 amide bonds. The number of hydrogen-bond acceptors (Lipinski definition) is 3. The summed E-state index contributed by atoms with van der Waals surface area (Å²) in [7, 11) is -3.01. The number of nitrogens with two attached hydrogens (primary N) is 1. The third-order valence-electron chi connectivity index (χ3n) is 3.17. The zero-order valence-electron chi connectivity index (χ0n) is 8.93. The lowest BCUT2D eigenvalue weighted by molar-refractivity contribution is 0.462. The van der Waals surface area contributed by atoms with Crippen LogP contribution in [0.25, 0.3) is 0 Å². The molecule has 1 saturated heterocycles. The van der Waals surface area contributed by atoms with Crippen molar-refractivity contribution in [3.8, 4) is 0 Å². The molecule has 1 aliphatic heterocycles. The number of hydrogen-bond donors (Lipinski definition) is 1. The van der Waals surface area contributed by atoms with Gasteiger partial charge in [0.2, 0.25) is 10.0 Å². The largest absolute Gasteiger partial charge is 0.326 e. The Kier molecular flexibility index (Phi) is 4.03. The van der Waals surface area contributed by atoms with Crippen LogP contribution in [0, 0.1) is 11.8 Å². The molecule has 0 bridgehead atoms. The fourth-order valence-corrected chi connectivity index (χ4v) is 3.86. The van der Waals surface area contributed by atoms with Crippen molar-refractivity contribution in [1.29, 1.82) is 0 Å². The fraction of sp³-hybridized carbons (Fsp3) is 1.00. The molecule has 1 heterocycles. The van der Waals surface area contributed by atoms with Gasteiger partial charge in [0.25, 0.3) is 0 Å². The summed E-state index contributed by atoms with van der Waals surface area (Å²) >= 11 is 0. The summed E-state index contributed by atoms with van der Waals surface area (Å²) < 4.78 is 25.3. The Bertz CT molecular complexity index is 306. The van der Waals surface area contributed by atoms with Gasteiger partial charge in [0, 0.05) is 19.1 Å². The number of sulfonamides is 1. The first kappa shape index (κ1) is 13.2. The third kappa shape index (κ3) is 3.06. The van der Waals surface area contributed by atoms with E-state index in [2.05, 4.69) is 0 Å². The average molecular weight is 255 g/mol. The molecule has 0 aromatic carbocycles. The summed E-state index contributed by atoms with van der Waals surface area (Å²) in [6.45, 7) is 3.13. The molecule has 2 N–H and O–H groups in total. The molecule has 4 nitrogen and oxygen atoms in total. The highest BCUT2D eigenvalue weighted by Gasteiger charge is 2.37. The molecule has 2 aliphatic rings. The molecule has 0 radical (unpaired) electrons. The van der Waals surface area contributed by atoms with Crippen molar-refractivity contribution in [3.05, 3.63) is 0 Å². The van der Waals surface area contributed by atoms with E-state index in [1.54, 1.807) is 4.31 Å². The zero-order valence-corrected chi connectivity index (χ0v) is 10.6. The quantitative estimate of drug-likeness (QED) is 0.794. The molecule has 6 heteroatoms. The first-order valence-electron chi connectivity index (χ1n) is 5.22. The predicted octanol–water partition coefficient (Wildman–Crippen LogP) is 0.427. The van der Waals surface area contributed by atoms with Gasteiger partial charge in [-0.1, -0.05) is 6.92 Å². The summed E-state index contributed by atoms with van der Waals surface area (Å²) in [6, 6.07) is 0.0176. The van der Waals surface area contributed by atoms with Crippen molar-refractivity contribution >= 4 is 22.4 Å². The molecule has 2 atom stereocenters. The van der Waals surface area contributed by atoms with Crippen LogP contribution in [0.4, 0.5) is 0 Å². The van der Waals surface area contributed by atoms with Crippen molar-refractivity contribution < 1.29 is 8.42 Å². The number of nitrogens with zero attached hydrogens (tertiary/aromatic N) is 1. The number of rotatable bonds is 3. The minimum Gasteiger partial charge on any atom is -0.326 e. The van der Waals surface area contributed by atoms with E-state index in [0.717, 1.165) is 12.8 Å². The van der Waals surface area contributed by atoms with E-state index < -0.39 is 10.0 Å². The van der Waals surface area contributed by atoms with Gasteiger partial charge in [-0.05, 0) is 24.7 Å². The summed E-state index contributed by atoms with van der Waals surface area (Å²) in [4.78, 5) is 0. The summed E-state index contributed by atoms with van der Waals surface area (Å²) in [6.07, 6.45) is 2.16. The molecule has 1 aliphatic carbocycles. The average Bonchev–Trinajstić information content (AvgIpc) is 2.79. The van der Waals surface area contributed by atoms with Crippen molar-refractivity contribution in [1.82, 2.24) is 4.31 Å². The zero-order chi connectivity index (χ0) is 10.3. The topological polar surface area (TPSA) is 63.4 Å². The molecule has 2 unspecified atom stereocenters. The minimum atomic E-state index is -3.01. The van der Waals surface area contributed by atoms with E-state index in [0.29, 0.717) is 30.7 Å². The third-order valence-corrected chi connectivity index (χ3v) is 5.15. The first-order valence-corrected chi connectivity index (χ1v) is 6.83. The maximum atomic E-state index is 11.8. The SMILES string of the molecule is CC1CN(S(=O)(=O)CC2CC2)CC1N.Cl. The second kappa shape index (κ2) is 4.57. The van der Waals surface area contributed by atoms with E-state index in [9.17, 15) is 8.42 Å². The van der Waals surface area contributed by atoms with Gasteiger partial charge in [0.05, 0.1) is 5.75 Å². The summed E-state index contributed by atoms with van der Waals surface area (Å²) in [5, 5.41) is 0. The van der Waals surface area contributed by atoms with E-state index in [4.69, 9.17) is 5.73 Å². The second-order valence-electron chi connectivity index (χ2n) is 4.68. The Morgan fingerprint density at radius 2 is 1.93 bits per heavy atom. The molecular formula is C9H19ClN2O2S. The van der Waals surface area contributed by atoms with Crippen LogP contribution >= 0.6 is 12.4 Å². The Balaban J connectivity index is 0.00000112. The molecule has 90 valence electrons. The summed E-state index contributed by atoms with van der Waals surface area (Å²) in [5.74, 6) is 1.06. The van der Waals surface area contributed by atoms with Gasteiger partial charge < -0.3 is 5.73 Å². The van der Waals surface area contributed by atoms with Gasteiger partial charge in [-0.25, -0.2) is 12.7 Å².